The molecule has 2 aromatic rings. The minimum absolute atomic E-state index is 0.0575. The second-order valence-electron chi connectivity index (χ2n) is 3.23. The summed E-state index contributed by atoms with van der Waals surface area (Å²) < 4.78 is 6.16. The Morgan fingerprint density at radius 1 is 1.20 bits per heavy atom. The number of carbonyl (C=O) groups excluding carboxylic acids is 1. The molecule has 1 aromatic carbocycles. The Hall–Kier alpha value is -1.35. The zero-order valence-corrected chi connectivity index (χ0v) is 9.74. The molecule has 3 heteroatoms. The molecule has 0 N–H and O–H groups in total. The van der Waals surface area contributed by atoms with Crippen LogP contribution in [0.25, 0.3) is 11.1 Å². The van der Waals surface area contributed by atoms with Gasteiger partial charge in [0.1, 0.15) is 0 Å². The Kier molecular flexibility index (Phi) is 2.73. The third-order valence-electron chi connectivity index (χ3n) is 2.14. The summed E-state index contributed by atoms with van der Waals surface area (Å²) in [6.45, 7) is 1.50. The molecule has 15 heavy (non-hydrogen) atoms. The first kappa shape index (κ1) is 10.2. The molecule has 2 rings (SSSR count). The number of ketones is 1. The van der Waals surface area contributed by atoms with Crippen LogP contribution in [-0.4, -0.2) is 5.78 Å². The van der Waals surface area contributed by atoms with E-state index in [0.717, 1.165) is 15.6 Å². The summed E-state index contributed by atoms with van der Waals surface area (Å²) >= 11 is 3.37. The zero-order chi connectivity index (χ0) is 10.8. The molecule has 0 aliphatic heterocycles. The maximum atomic E-state index is 11.3. The van der Waals surface area contributed by atoms with Crippen LogP contribution in [0.3, 0.4) is 0 Å². The predicted molar refractivity (Wildman–Crippen MR) is 61.8 cm³/mol. The molecule has 0 fully saturated rings. The molecule has 0 radical (unpaired) electrons. The topological polar surface area (TPSA) is 30.2 Å². The molecule has 1 aromatic heterocycles. The van der Waals surface area contributed by atoms with E-state index in [2.05, 4.69) is 15.9 Å². The zero-order valence-electron chi connectivity index (χ0n) is 8.16. The van der Waals surface area contributed by atoms with Gasteiger partial charge in [-0.15, -0.1) is 0 Å². The number of carbonyl (C=O) groups is 1. The van der Waals surface area contributed by atoms with Gasteiger partial charge in [-0.25, -0.2) is 0 Å². The highest BCUT2D eigenvalue weighted by Gasteiger charge is 2.12. The number of hydrogen-bond acceptors (Lipinski definition) is 2. The number of Topliss-reactive ketones (excluding diaryl/α,β-unsaturated/α-hetero) is 1. The van der Waals surface area contributed by atoms with Crippen molar-refractivity contribution in [1.29, 1.82) is 0 Å². The van der Waals surface area contributed by atoms with Crippen molar-refractivity contribution >= 4 is 21.7 Å². The predicted octanol–water partition coefficient (Wildman–Crippen LogP) is 3.91. The fraction of sp³-hybridized carbons (Fsp3) is 0.0833. The largest absolute Gasteiger partial charge is 0.461 e. The number of hydrogen-bond donors (Lipinski definition) is 0. The maximum absolute atomic E-state index is 11.3. The van der Waals surface area contributed by atoms with E-state index in [4.69, 9.17) is 4.42 Å². The first-order chi connectivity index (χ1) is 7.18. The quantitative estimate of drug-likeness (QED) is 0.770. The average Bonchev–Trinajstić information content (AvgIpc) is 2.67. The van der Waals surface area contributed by atoms with Crippen molar-refractivity contribution in [3.05, 3.63) is 46.8 Å². The summed E-state index contributed by atoms with van der Waals surface area (Å²) in [4.78, 5) is 11.3. The van der Waals surface area contributed by atoms with Gasteiger partial charge in [0.05, 0.1) is 6.26 Å². The van der Waals surface area contributed by atoms with E-state index in [1.807, 2.05) is 24.3 Å². The van der Waals surface area contributed by atoms with Crippen molar-refractivity contribution in [3.63, 3.8) is 0 Å². The summed E-state index contributed by atoms with van der Waals surface area (Å²) in [5.74, 6) is 0.357. The minimum atomic E-state index is -0.0575. The van der Waals surface area contributed by atoms with Gasteiger partial charge in [0.15, 0.2) is 11.5 Å². The van der Waals surface area contributed by atoms with Gasteiger partial charge in [-0.1, -0.05) is 28.1 Å². The highest BCUT2D eigenvalue weighted by molar-refractivity contribution is 9.10. The van der Waals surface area contributed by atoms with Crippen LogP contribution >= 0.6 is 15.9 Å². The summed E-state index contributed by atoms with van der Waals surface area (Å²) in [5.41, 5.74) is 1.83. The van der Waals surface area contributed by atoms with Crippen LogP contribution in [0.5, 0.6) is 0 Å². The summed E-state index contributed by atoms with van der Waals surface area (Å²) in [7, 11) is 0. The van der Waals surface area contributed by atoms with Gasteiger partial charge < -0.3 is 4.42 Å². The van der Waals surface area contributed by atoms with Gasteiger partial charge in [0, 0.05) is 17.0 Å². The molecule has 0 aliphatic carbocycles. The molecule has 0 atom stereocenters. The Morgan fingerprint density at radius 2 is 1.87 bits per heavy atom. The number of furan rings is 1. The fourth-order valence-corrected chi connectivity index (χ4v) is 1.70. The van der Waals surface area contributed by atoms with Crippen LogP contribution in [0.15, 0.2) is 45.5 Å². The van der Waals surface area contributed by atoms with E-state index in [-0.39, 0.29) is 5.78 Å². The Balaban J connectivity index is 2.49. The first-order valence-electron chi connectivity index (χ1n) is 4.53. The molecule has 1 heterocycles. The number of rotatable bonds is 2. The van der Waals surface area contributed by atoms with Gasteiger partial charge in [0.25, 0.3) is 0 Å². The van der Waals surface area contributed by atoms with Crippen LogP contribution in [0.4, 0.5) is 0 Å². The summed E-state index contributed by atoms with van der Waals surface area (Å²) in [6.07, 6.45) is 1.54. The molecule has 0 unspecified atom stereocenters. The molecule has 0 amide bonds. The third-order valence-corrected chi connectivity index (χ3v) is 2.67. The standard InChI is InChI=1S/C12H9BrO2/c1-8(14)12-11(6-7-15-12)9-2-4-10(13)5-3-9/h2-7H,1H3. The van der Waals surface area contributed by atoms with Crippen molar-refractivity contribution in [1.82, 2.24) is 0 Å². The van der Waals surface area contributed by atoms with Crippen molar-refractivity contribution in [3.8, 4) is 11.1 Å². The monoisotopic (exact) mass is 264 g/mol. The molecular formula is C12H9BrO2. The fourth-order valence-electron chi connectivity index (χ4n) is 1.44. The first-order valence-corrected chi connectivity index (χ1v) is 5.32. The van der Waals surface area contributed by atoms with Crippen molar-refractivity contribution in [2.75, 3.05) is 0 Å². The lowest BCUT2D eigenvalue weighted by atomic mass is 10.1. The van der Waals surface area contributed by atoms with Gasteiger partial charge in [-0.2, -0.15) is 0 Å². The van der Waals surface area contributed by atoms with Crippen molar-refractivity contribution in [2.45, 2.75) is 6.92 Å². The minimum Gasteiger partial charge on any atom is -0.461 e. The van der Waals surface area contributed by atoms with Gasteiger partial charge in [0.2, 0.25) is 0 Å². The molecule has 2 nitrogen and oxygen atoms in total. The Labute approximate surface area is 96.0 Å². The lowest BCUT2D eigenvalue weighted by molar-refractivity contribution is 0.0988. The van der Waals surface area contributed by atoms with Crippen LogP contribution < -0.4 is 0 Å². The molecular weight excluding hydrogens is 256 g/mol. The Morgan fingerprint density at radius 3 is 2.47 bits per heavy atom. The lowest BCUT2D eigenvalue weighted by Crippen LogP contribution is -1.91. The molecule has 0 saturated heterocycles. The number of benzene rings is 1. The summed E-state index contributed by atoms with van der Waals surface area (Å²) in [5, 5.41) is 0. The van der Waals surface area contributed by atoms with Crippen LogP contribution in [0.2, 0.25) is 0 Å². The average molecular weight is 265 g/mol. The van der Waals surface area contributed by atoms with Crippen molar-refractivity contribution < 1.29 is 9.21 Å². The maximum Gasteiger partial charge on any atom is 0.195 e. The van der Waals surface area contributed by atoms with Crippen LogP contribution in [0, 0.1) is 0 Å². The molecule has 0 spiro atoms. The second-order valence-corrected chi connectivity index (χ2v) is 4.14. The van der Waals surface area contributed by atoms with Gasteiger partial charge in [-0.3, -0.25) is 4.79 Å². The van der Waals surface area contributed by atoms with Crippen LogP contribution in [-0.2, 0) is 0 Å². The normalized spacial score (nSPS) is 10.3. The molecule has 76 valence electrons. The second kappa shape index (κ2) is 4.03. The van der Waals surface area contributed by atoms with E-state index in [0.29, 0.717) is 5.76 Å². The SMILES string of the molecule is CC(=O)c1occc1-c1ccc(Br)cc1. The highest BCUT2D eigenvalue weighted by Crippen LogP contribution is 2.26. The molecule has 0 aliphatic rings. The molecule has 0 bridgehead atoms. The van der Waals surface area contributed by atoms with Gasteiger partial charge in [-0.05, 0) is 23.8 Å². The lowest BCUT2D eigenvalue weighted by Gasteiger charge is -1.99. The number of halogens is 1. The smallest absolute Gasteiger partial charge is 0.195 e. The third kappa shape index (κ3) is 2.02. The van der Waals surface area contributed by atoms with E-state index >= 15 is 0 Å². The van der Waals surface area contributed by atoms with Crippen molar-refractivity contribution in [2.24, 2.45) is 0 Å². The summed E-state index contributed by atoms with van der Waals surface area (Å²) in [6, 6.07) is 9.57. The highest BCUT2D eigenvalue weighted by atomic mass is 79.9. The van der Waals surface area contributed by atoms with Crippen LogP contribution in [0.1, 0.15) is 17.5 Å². The molecule has 0 saturated carbocycles. The van der Waals surface area contributed by atoms with E-state index in [1.165, 1.54) is 13.2 Å². The van der Waals surface area contributed by atoms with E-state index in [1.54, 1.807) is 6.07 Å². The van der Waals surface area contributed by atoms with E-state index < -0.39 is 0 Å². The van der Waals surface area contributed by atoms with E-state index in [9.17, 15) is 4.79 Å². The van der Waals surface area contributed by atoms with Gasteiger partial charge >= 0.3 is 0 Å². The Bertz CT molecular complexity index is 483.